The van der Waals surface area contributed by atoms with Crippen LogP contribution >= 0.6 is 11.6 Å². The van der Waals surface area contributed by atoms with Crippen molar-refractivity contribution in [2.75, 3.05) is 4.90 Å². The Labute approximate surface area is 187 Å². The number of amides is 1. The van der Waals surface area contributed by atoms with Gasteiger partial charge in [0.1, 0.15) is 28.7 Å². The lowest BCUT2D eigenvalue weighted by Gasteiger charge is -2.33. The molecule has 7 nitrogen and oxygen atoms in total. The largest absolute Gasteiger partial charge is 0.440 e. The summed E-state index contributed by atoms with van der Waals surface area (Å²) < 4.78 is 10.9. The molecule has 2 N–H and O–H groups in total. The van der Waals surface area contributed by atoms with Crippen molar-refractivity contribution in [3.63, 3.8) is 0 Å². The maximum atomic E-state index is 14.2. The van der Waals surface area contributed by atoms with Crippen LogP contribution in [0.15, 0.2) is 75.3 Å². The number of halogens is 1. The van der Waals surface area contributed by atoms with E-state index in [2.05, 4.69) is 0 Å². The summed E-state index contributed by atoms with van der Waals surface area (Å²) in [6.07, 6.45) is 0. The first kappa shape index (κ1) is 19.9. The number of para-hydroxylation sites is 1. The molecule has 1 aromatic heterocycles. The van der Waals surface area contributed by atoms with Crippen molar-refractivity contribution in [1.82, 2.24) is 0 Å². The number of hydrogen-bond acceptors (Lipinski definition) is 6. The zero-order chi connectivity index (χ0) is 22.6. The lowest BCUT2D eigenvalue weighted by molar-refractivity contribution is -0.121. The predicted molar refractivity (Wildman–Crippen MR) is 117 cm³/mol. The van der Waals surface area contributed by atoms with Gasteiger partial charge < -0.3 is 19.8 Å². The Morgan fingerprint density at radius 2 is 1.88 bits per heavy atom. The standard InChI is InChI=1S/C24H16ClN3O4/c1-13-10-19-20(22(29)31-13)24(16(11-26)21(27)32-19)15-7-3-5-9-18(15)28(23(24)30)12-14-6-2-4-8-17(14)25/h2-10H,12,27H2,1H3/t24-/m1/s1. The highest BCUT2D eigenvalue weighted by atomic mass is 35.5. The van der Waals surface area contributed by atoms with Gasteiger partial charge in [-0.2, -0.15) is 5.26 Å². The second kappa shape index (κ2) is 7.01. The third kappa shape index (κ3) is 2.53. The van der Waals surface area contributed by atoms with Gasteiger partial charge in [-0.15, -0.1) is 0 Å². The first-order valence-electron chi connectivity index (χ1n) is 9.78. The second-order valence-corrected chi connectivity index (χ2v) is 7.99. The van der Waals surface area contributed by atoms with E-state index in [1.54, 1.807) is 43.3 Å². The first-order valence-corrected chi connectivity index (χ1v) is 10.2. The van der Waals surface area contributed by atoms with Crippen LogP contribution in [-0.4, -0.2) is 5.91 Å². The van der Waals surface area contributed by atoms with E-state index in [4.69, 9.17) is 26.5 Å². The Bertz CT molecular complexity index is 1440. The normalized spacial score (nSPS) is 18.9. The van der Waals surface area contributed by atoms with Gasteiger partial charge in [0.15, 0.2) is 5.41 Å². The molecule has 0 saturated heterocycles. The molecular formula is C24H16ClN3O4. The number of carbonyl (C=O) groups is 1. The number of ether oxygens (including phenoxy) is 1. The number of benzene rings is 2. The highest BCUT2D eigenvalue weighted by Crippen LogP contribution is 2.54. The van der Waals surface area contributed by atoms with Crippen LogP contribution in [0.3, 0.4) is 0 Å². The molecule has 0 radical (unpaired) electrons. The van der Waals surface area contributed by atoms with Crippen molar-refractivity contribution >= 4 is 23.2 Å². The summed E-state index contributed by atoms with van der Waals surface area (Å²) in [6.45, 7) is 1.73. The van der Waals surface area contributed by atoms with E-state index in [1.807, 2.05) is 18.2 Å². The number of nitrogens with two attached hydrogens (primary N) is 1. The van der Waals surface area contributed by atoms with Crippen molar-refractivity contribution in [3.05, 3.63) is 104 Å². The molecule has 1 spiro atoms. The molecule has 3 heterocycles. The molecule has 0 unspecified atom stereocenters. The Hall–Kier alpha value is -4.02. The van der Waals surface area contributed by atoms with Crippen LogP contribution < -0.4 is 21.0 Å². The summed E-state index contributed by atoms with van der Waals surface area (Å²) in [5.41, 5.74) is 5.07. The van der Waals surface area contributed by atoms with Crippen molar-refractivity contribution in [3.8, 4) is 11.8 Å². The van der Waals surface area contributed by atoms with Crippen LogP contribution in [-0.2, 0) is 16.8 Å². The number of anilines is 1. The number of nitriles is 1. The fourth-order valence-corrected chi connectivity index (χ4v) is 4.71. The molecule has 2 aliphatic rings. The highest BCUT2D eigenvalue weighted by molar-refractivity contribution is 6.31. The smallest absolute Gasteiger partial charge is 0.344 e. The lowest BCUT2D eigenvalue weighted by Crippen LogP contribution is -2.48. The average Bonchev–Trinajstić information content (AvgIpc) is 2.98. The Morgan fingerprint density at radius 3 is 2.62 bits per heavy atom. The quantitative estimate of drug-likeness (QED) is 0.646. The van der Waals surface area contributed by atoms with Crippen molar-refractivity contribution in [2.45, 2.75) is 18.9 Å². The van der Waals surface area contributed by atoms with Crippen molar-refractivity contribution in [1.29, 1.82) is 5.26 Å². The van der Waals surface area contributed by atoms with Gasteiger partial charge in [-0.1, -0.05) is 48.0 Å². The number of aryl methyl sites for hydroxylation is 1. The van der Waals surface area contributed by atoms with E-state index in [1.165, 1.54) is 11.0 Å². The summed E-state index contributed by atoms with van der Waals surface area (Å²) >= 11 is 6.35. The van der Waals surface area contributed by atoms with E-state index in [0.29, 0.717) is 27.6 Å². The maximum absolute atomic E-state index is 14.2. The first-order chi connectivity index (χ1) is 15.4. The number of hydrogen-bond donors (Lipinski definition) is 1. The number of nitrogens with zero attached hydrogens (tertiary/aromatic N) is 2. The molecule has 158 valence electrons. The number of fused-ring (bicyclic) bond motifs is 4. The molecule has 1 atom stereocenters. The molecule has 3 aromatic rings. The average molecular weight is 446 g/mol. The van der Waals surface area contributed by atoms with E-state index in [9.17, 15) is 14.9 Å². The highest BCUT2D eigenvalue weighted by Gasteiger charge is 2.61. The van der Waals surface area contributed by atoms with Gasteiger partial charge in [0.05, 0.1) is 6.54 Å². The van der Waals surface area contributed by atoms with Gasteiger partial charge in [-0.05, 0) is 24.6 Å². The number of rotatable bonds is 2. The SMILES string of the molecule is Cc1cc2c(c(=O)o1)[C@]1(C(=O)N(Cc3ccccc3Cl)c3ccccc31)C(C#N)=C(N)O2. The minimum Gasteiger partial charge on any atom is -0.440 e. The molecule has 2 aromatic carbocycles. The van der Waals surface area contributed by atoms with Crippen LogP contribution in [0.25, 0.3) is 0 Å². The monoisotopic (exact) mass is 445 g/mol. The number of carbonyl (C=O) groups excluding carboxylic acids is 1. The molecule has 5 rings (SSSR count). The van der Waals surface area contributed by atoms with Crippen LogP contribution in [0.1, 0.15) is 22.5 Å². The second-order valence-electron chi connectivity index (χ2n) is 7.59. The molecule has 0 saturated carbocycles. The minimum atomic E-state index is -1.78. The molecule has 0 bridgehead atoms. The van der Waals surface area contributed by atoms with Crippen LogP contribution in [0.5, 0.6) is 5.75 Å². The third-order valence-corrected chi connectivity index (χ3v) is 6.19. The van der Waals surface area contributed by atoms with Crippen molar-refractivity contribution < 1.29 is 13.9 Å². The minimum absolute atomic E-state index is 0.0621. The van der Waals surface area contributed by atoms with Crippen LogP contribution in [0.2, 0.25) is 5.02 Å². The fraction of sp³-hybridized carbons (Fsp3) is 0.125. The van der Waals surface area contributed by atoms with Gasteiger partial charge in [0.25, 0.3) is 0 Å². The van der Waals surface area contributed by atoms with E-state index < -0.39 is 16.9 Å². The Balaban J connectivity index is 1.84. The van der Waals surface area contributed by atoms with E-state index in [-0.39, 0.29) is 29.3 Å². The molecule has 32 heavy (non-hydrogen) atoms. The maximum Gasteiger partial charge on any atom is 0.344 e. The summed E-state index contributed by atoms with van der Waals surface area (Å²) in [5, 5.41) is 10.5. The zero-order valence-electron chi connectivity index (χ0n) is 16.9. The third-order valence-electron chi connectivity index (χ3n) is 5.82. The lowest BCUT2D eigenvalue weighted by atomic mass is 9.69. The Morgan fingerprint density at radius 1 is 1.16 bits per heavy atom. The molecule has 8 heteroatoms. The van der Waals surface area contributed by atoms with Gasteiger partial charge in [0, 0.05) is 22.3 Å². The summed E-state index contributed by atoms with van der Waals surface area (Å²) in [5.74, 6) is -0.340. The summed E-state index contributed by atoms with van der Waals surface area (Å²) in [6, 6.07) is 17.7. The molecule has 2 aliphatic heterocycles. The molecule has 0 fully saturated rings. The van der Waals surface area contributed by atoms with Crippen molar-refractivity contribution in [2.24, 2.45) is 5.73 Å². The molecule has 1 amide bonds. The summed E-state index contributed by atoms with van der Waals surface area (Å²) in [7, 11) is 0. The zero-order valence-corrected chi connectivity index (χ0v) is 17.6. The molecule has 0 aliphatic carbocycles. The summed E-state index contributed by atoms with van der Waals surface area (Å²) in [4.78, 5) is 28.8. The van der Waals surface area contributed by atoms with Crippen LogP contribution in [0, 0.1) is 18.3 Å². The van der Waals surface area contributed by atoms with E-state index in [0.717, 1.165) is 0 Å². The Kier molecular flexibility index (Phi) is 4.36. The predicted octanol–water partition coefficient (Wildman–Crippen LogP) is 3.52. The van der Waals surface area contributed by atoms with Gasteiger partial charge in [0.2, 0.25) is 11.8 Å². The van der Waals surface area contributed by atoms with E-state index >= 15 is 0 Å². The van der Waals surface area contributed by atoms with Gasteiger partial charge in [-0.25, -0.2) is 4.79 Å². The van der Waals surface area contributed by atoms with Gasteiger partial charge in [-0.3, -0.25) is 4.79 Å². The van der Waals surface area contributed by atoms with Crippen LogP contribution in [0.4, 0.5) is 5.69 Å². The molecular weight excluding hydrogens is 430 g/mol. The van der Waals surface area contributed by atoms with Gasteiger partial charge >= 0.3 is 5.63 Å². The fourth-order valence-electron chi connectivity index (χ4n) is 4.51. The topological polar surface area (TPSA) is 110 Å².